The lowest BCUT2D eigenvalue weighted by atomic mass is 10.1. The van der Waals surface area contributed by atoms with E-state index < -0.39 is 40.8 Å². The molecular formula is C29H26N6O8. The number of anilines is 2. The van der Waals surface area contributed by atoms with Gasteiger partial charge in [-0.25, -0.2) is 4.79 Å². The highest BCUT2D eigenvalue weighted by molar-refractivity contribution is 6.13. The number of nitrogens with one attached hydrogen (secondary N) is 1. The quantitative estimate of drug-likeness (QED) is 0.242. The molecule has 4 amide bonds. The van der Waals surface area contributed by atoms with Crippen LogP contribution in [-0.4, -0.2) is 69.6 Å². The molecule has 5 rings (SSSR count). The minimum Gasteiger partial charge on any atom is -0.465 e. The highest BCUT2D eigenvalue weighted by Crippen LogP contribution is 2.35. The number of rotatable bonds is 7. The summed E-state index contributed by atoms with van der Waals surface area (Å²) < 4.78 is 5.43. The number of carboxylic acid groups (broad SMARTS) is 1. The number of nitro groups is 1. The maximum absolute atomic E-state index is 14.2. The van der Waals surface area contributed by atoms with Gasteiger partial charge in [-0.2, -0.15) is 0 Å². The molecule has 14 nitrogen and oxygen atoms in total. The maximum Gasteiger partial charge on any atom is 0.407 e. The summed E-state index contributed by atoms with van der Waals surface area (Å²) in [5.41, 5.74) is 1.57. The number of amides is 4. The molecule has 0 saturated carbocycles. The van der Waals surface area contributed by atoms with Crippen molar-refractivity contribution in [2.24, 2.45) is 0 Å². The van der Waals surface area contributed by atoms with Gasteiger partial charge in [0.05, 0.1) is 29.4 Å². The molecule has 1 aliphatic rings. The molecule has 0 fully saturated rings. The molecule has 0 aliphatic carbocycles. The minimum absolute atomic E-state index is 0.0661. The van der Waals surface area contributed by atoms with E-state index in [0.29, 0.717) is 28.0 Å². The van der Waals surface area contributed by atoms with Crippen LogP contribution in [0.1, 0.15) is 23.0 Å². The zero-order valence-corrected chi connectivity index (χ0v) is 23.0. The lowest BCUT2D eigenvalue weighted by molar-refractivity contribution is -0.384. The number of para-hydroxylation sites is 3. The first kappa shape index (κ1) is 28.7. The van der Waals surface area contributed by atoms with Crippen LogP contribution in [0.3, 0.4) is 0 Å². The first-order valence-electron chi connectivity index (χ1n) is 13.1. The fourth-order valence-electron chi connectivity index (χ4n) is 4.77. The van der Waals surface area contributed by atoms with E-state index in [-0.39, 0.29) is 24.3 Å². The Labute approximate surface area is 244 Å². The normalized spacial score (nSPS) is 15.4. The number of hydrogen-bond acceptors (Lipinski definition) is 8. The zero-order valence-electron chi connectivity index (χ0n) is 23.0. The highest BCUT2D eigenvalue weighted by Gasteiger charge is 2.39. The summed E-state index contributed by atoms with van der Waals surface area (Å²) in [4.78, 5) is 66.7. The number of benzene rings is 3. The third-order valence-corrected chi connectivity index (χ3v) is 7.30. The van der Waals surface area contributed by atoms with Gasteiger partial charge in [-0.05, 0) is 43.3 Å². The van der Waals surface area contributed by atoms with Crippen molar-refractivity contribution in [1.29, 1.82) is 0 Å². The molecule has 0 radical (unpaired) electrons. The Bertz CT molecular complexity index is 1740. The van der Waals surface area contributed by atoms with Crippen LogP contribution < -0.4 is 15.1 Å². The molecular weight excluding hydrogens is 560 g/mol. The van der Waals surface area contributed by atoms with Crippen LogP contribution in [0.2, 0.25) is 0 Å². The monoisotopic (exact) mass is 586 g/mol. The molecule has 0 saturated heterocycles. The summed E-state index contributed by atoms with van der Waals surface area (Å²) in [7, 11) is 1.23. The van der Waals surface area contributed by atoms with Crippen molar-refractivity contribution >= 4 is 51.8 Å². The Hall–Kier alpha value is -5.79. The molecule has 2 atom stereocenters. The van der Waals surface area contributed by atoms with Gasteiger partial charge in [-0.1, -0.05) is 29.4 Å². The molecule has 0 unspecified atom stereocenters. The van der Waals surface area contributed by atoms with E-state index in [2.05, 4.69) is 10.5 Å². The van der Waals surface area contributed by atoms with Crippen molar-refractivity contribution in [2.45, 2.75) is 25.6 Å². The third-order valence-electron chi connectivity index (χ3n) is 7.30. The van der Waals surface area contributed by atoms with E-state index in [1.54, 1.807) is 48.5 Å². The lowest BCUT2D eigenvalue weighted by Gasteiger charge is -2.27. The van der Waals surface area contributed by atoms with Gasteiger partial charge in [-0.3, -0.25) is 29.4 Å². The molecule has 0 spiro atoms. The maximum atomic E-state index is 14.2. The lowest BCUT2D eigenvalue weighted by Crippen LogP contribution is -2.56. The summed E-state index contributed by atoms with van der Waals surface area (Å²) in [5, 5.41) is 27.9. The molecule has 1 aliphatic heterocycles. The van der Waals surface area contributed by atoms with E-state index in [0.717, 1.165) is 4.90 Å². The number of fused-ring (bicyclic) bond motifs is 2. The molecule has 1 aromatic heterocycles. The van der Waals surface area contributed by atoms with Gasteiger partial charge in [-0.15, -0.1) is 0 Å². The van der Waals surface area contributed by atoms with Gasteiger partial charge in [0.1, 0.15) is 17.8 Å². The first-order chi connectivity index (χ1) is 20.6. The number of carbonyl (C=O) groups is 4. The van der Waals surface area contributed by atoms with Gasteiger partial charge in [0, 0.05) is 30.1 Å². The van der Waals surface area contributed by atoms with Gasteiger partial charge in [0.2, 0.25) is 5.91 Å². The average molecular weight is 587 g/mol. The van der Waals surface area contributed by atoms with Crippen LogP contribution in [0.15, 0.2) is 77.3 Å². The van der Waals surface area contributed by atoms with Gasteiger partial charge < -0.3 is 24.7 Å². The topological polar surface area (TPSA) is 179 Å². The smallest absolute Gasteiger partial charge is 0.407 e. The van der Waals surface area contributed by atoms with Crippen LogP contribution in [-0.2, 0) is 16.1 Å². The van der Waals surface area contributed by atoms with Crippen molar-refractivity contribution in [3.05, 3.63) is 94.2 Å². The summed E-state index contributed by atoms with van der Waals surface area (Å²) in [6.45, 7) is 0.999. The van der Waals surface area contributed by atoms with E-state index in [1.807, 2.05) is 0 Å². The molecule has 43 heavy (non-hydrogen) atoms. The number of aromatic nitrogens is 1. The van der Waals surface area contributed by atoms with Crippen molar-refractivity contribution in [3.63, 3.8) is 0 Å². The second-order valence-corrected chi connectivity index (χ2v) is 9.89. The summed E-state index contributed by atoms with van der Waals surface area (Å²) in [6.07, 6.45) is -1.34. The number of non-ortho nitro benzene ring substituents is 1. The Morgan fingerprint density at radius 1 is 1.09 bits per heavy atom. The first-order valence-corrected chi connectivity index (χ1v) is 13.1. The predicted molar refractivity (Wildman–Crippen MR) is 154 cm³/mol. The molecule has 4 aromatic rings. The van der Waals surface area contributed by atoms with Gasteiger partial charge >= 0.3 is 6.09 Å². The third kappa shape index (κ3) is 5.57. The van der Waals surface area contributed by atoms with Crippen LogP contribution in [0.5, 0.6) is 0 Å². The molecule has 2 heterocycles. The molecule has 220 valence electrons. The van der Waals surface area contributed by atoms with E-state index >= 15 is 0 Å². The van der Waals surface area contributed by atoms with Crippen molar-refractivity contribution in [1.82, 2.24) is 15.4 Å². The highest BCUT2D eigenvalue weighted by atomic mass is 16.6. The SMILES string of the molecule is C[C@@H](C(=O)N[C@H]1CN(C(=O)c2ccc([N+](=O)[O-])cc2)c2ccccc2N(Cc2noc3ccccc23)C1=O)N(C)C(=O)O. The number of carbonyl (C=O) groups excluding carboxylic acids is 3. The van der Waals surface area contributed by atoms with E-state index in [9.17, 15) is 34.4 Å². The molecule has 0 bridgehead atoms. The van der Waals surface area contributed by atoms with Crippen LogP contribution in [0.25, 0.3) is 11.0 Å². The van der Waals surface area contributed by atoms with E-state index in [4.69, 9.17) is 4.52 Å². The van der Waals surface area contributed by atoms with Crippen LogP contribution >= 0.6 is 0 Å². The van der Waals surface area contributed by atoms with Crippen molar-refractivity contribution < 1.29 is 33.7 Å². The van der Waals surface area contributed by atoms with Gasteiger partial charge in [0.25, 0.3) is 17.5 Å². The standard InChI is InChI=1S/C29H26N6O8/c1-17(32(2)29(39)40)26(36)30-22-16-33(27(37)18-11-13-19(14-12-18)35(41)42)23-8-4-5-9-24(23)34(28(22)38)15-21-20-7-3-6-10-25(20)43-31-21/h3-14,17,22H,15-16H2,1-2H3,(H,30,36)(H,39,40)/t17-,22-/m0/s1. The Kier molecular flexibility index (Phi) is 7.75. The molecule has 14 heteroatoms. The number of nitrogens with zero attached hydrogens (tertiary/aromatic N) is 5. The summed E-state index contributed by atoms with van der Waals surface area (Å²) in [6, 6.07) is 16.4. The molecule has 2 N–H and O–H groups in total. The van der Waals surface area contributed by atoms with Crippen LogP contribution in [0, 0.1) is 10.1 Å². The number of hydrogen-bond donors (Lipinski definition) is 2. The fraction of sp³-hybridized carbons (Fsp3) is 0.207. The summed E-state index contributed by atoms with van der Waals surface area (Å²) >= 11 is 0. The second-order valence-electron chi connectivity index (χ2n) is 9.89. The van der Waals surface area contributed by atoms with Gasteiger partial charge in [0.15, 0.2) is 5.58 Å². The number of likely N-dealkylation sites (N-methyl/N-ethyl adjacent to an activating group) is 1. The average Bonchev–Trinajstić information content (AvgIpc) is 3.38. The Morgan fingerprint density at radius 3 is 2.42 bits per heavy atom. The Balaban J connectivity index is 1.57. The minimum atomic E-state index is -1.34. The van der Waals surface area contributed by atoms with Crippen LogP contribution in [0.4, 0.5) is 21.9 Å². The van der Waals surface area contributed by atoms with E-state index in [1.165, 1.54) is 48.0 Å². The fourth-order valence-corrected chi connectivity index (χ4v) is 4.77. The largest absolute Gasteiger partial charge is 0.465 e. The van der Waals surface area contributed by atoms with Crippen molar-refractivity contribution in [2.75, 3.05) is 23.4 Å². The van der Waals surface area contributed by atoms with Crippen molar-refractivity contribution in [3.8, 4) is 0 Å². The zero-order chi connectivity index (χ0) is 30.8. The summed E-state index contributed by atoms with van der Waals surface area (Å²) in [5.74, 6) is -1.89. The molecule has 3 aromatic carbocycles. The predicted octanol–water partition coefficient (Wildman–Crippen LogP) is 3.41. The Morgan fingerprint density at radius 2 is 1.74 bits per heavy atom. The second kappa shape index (κ2) is 11.6. The number of nitro benzene ring substituents is 1.